The molecule has 0 aliphatic carbocycles. The monoisotopic (exact) mass is 256 g/mol. The molecule has 0 spiro atoms. The van der Waals surface area contributed by atoms with Crippen LogP contribution in [0.25, 0.3) is 0 Å². The summed E-state index contributed by atoms with van der Waals surface area (Å²) in [6, 6.07) is 15.4. The Labute approximate surface area is 116 Å². The van der Waals surface area contributed by atoms with E-state index in [0.29, 0.717) is 6.04 Å². The van der Waals surface area contributed by atoms with Crippen molar-refractivity contribution in [2.75, 3.05) is 6.54 Å². The molecule has 1 atom stereocenters. The standard InChI is InChI=1S/C17H24N2/c1-3-4-12-18-14-17-11-8-13-19(17)15(2)16-9-6-5-7-10-16/h5-11,13,15,18H,3-4,12,14H2,1-2H3/t15-/m0/s1. The van der Waals surface area contributed by atoms with Gasteiger partial charge in [-0.05, 0) is 37.6 Å². The van der Waals surface area contributed by atoms with Gasteiger partial charge in [0.05, 0.1) is 6.04 Å². The van der Waals surface area contributed by atoms with Gasteiger partial charge in [0, 0.05) is 18.4 Å². The van der Waals surface area contributed by atoms with Crippen LogP contribution in [0.1, 0.15) is 44.0 Å². The van der Waals surface area contributed by atoms with E-state index in [1.165, 1.54) is 24.1 Å². The van der Waals surface area contributed by atoms with E-state index in [-0.39, 0.29) is 0 Å². The Morgan fingerprint density at radius 3 is 2.63 bits per heavy atom. The summed E-state index contributed by atoms with van der Waals surface area (Å²) in [4.78, 5) is 0. The second-order valence-electron chi connectivity index (χ2n) is 5.02. The van der Waals surface area contributed by atoms with Gasteiger partial charge in [-0.25, -0.2) is 0 Å². The highest BCUT2D eigenvalue weighted by molar-refractivity contribution is 5.21. The third kappa shape index (κ3) is 3.71. The smallest absolute Gasteiger partial charge is 0.0555 e. The van der Waals surface area contributed by atoms with Crippen LogP contribution in [-0.2, 0) is 6.54 Å². The molecule has 0 saturated carbocycles. The molecule has 0 aliphatic heterocycles. The summed E-state index contributed by atoms with van der Waals surface area (Å²) in [5.74, 6) is 0. The molecule has 2 heteroatoms. The molecule has 19 heavy (non-hydrogen) atoms. The van der Waals surface area contributed by atoms with Crippen LogP contribution in [0, 0.1) is 0 Å². The van der Waals surface area contributed by atoms with Gasteiger partial charge in [-0.1, -0.05) is 43.7 Å². The Bertz CT molecular complexity index is 473. The number of benzene rings is 1. The molecule has 0 aliphatic rings. The largest absolute Gasteiger partial charge is 0.343 e. The molecule has 102 valence electrons. The van der Waals surface area contributed by atoms with Crippen molar-refractivity contribution < 1.29 is 0 Å². The van der Waals surface area contributed by atoms with Gasteiger partial charge in [0.2, 0.25) is 0 Å². The van der Waals surface area contributed by atoms with Gasteiger partial charge in [-0.2, -0.15) is 0 Å². The van der Waals surface area contributed by atoms with Gasteiger partial charge in [0.25, 0.3) is 0 Å². The van der Waals surface area contributed by atoms with Crippen molar-refractivity contribution >= 4 is 0 Å². The third-order valence-corrected chi connectivity index (χ3v) is 3.58. The van der Waals surface area contributed by atoms with Crippen LogP contribution in [0.3, 0.4) is 0 Å². The fraction of sp³-hybridized carbons (Fsp3) is 0.412. The molecule has 1 aromatic heterocycles. The molecule has 1 heterocycles. The van der Waals surface area contributed by atoms with E-state index in [9.17, 15) is 0 Å². The van der Waals surface area contributed by atoms with E-state index in [1.54, 1.807) is 0 Å². The number of nitrogens with one attached hydrogen (secondary N) is 1. The van der Waals surface area contributed by atoms with Crippen LogP contribution < -0.4 is 5.32 Å². The summed E-state index contributed by atoms with van der Waals surface area (Å²) in [5.41, 5.74) is 2.71. The molecule has 1 N–H and O–H groups in total. The lowest BCUT2D eigenvalue weighted by atomic mass is 10.1. The topological polar surface area (TPSA) is 17.0 Å². The predicted octanol–water partition coefficient (Wildman–Crippen LogP) is 3.99. The zero-order valence-electron chi connectivity index (χ0n) is 12.0. The highest BCUT2D eigenvalue weighted by Gasteiger charge is 2.09. The molecule has 0 unspecified atom stereocenters. The van der Waals surface area contributed by atoms with E-state index in [0.717, 1.165) is 13.1 Å². The van der Waals surface area contributed by atoms with Crippen LogP contribution in [-0.4, -0.2) is 11.1 Å². The minimum Gasteiger partial charge on any atom is -0.343 e. The fourth-order valence-electron chi connectivity index (χ4n) is 2.37. The van der Waals surface area contributed by atoms with Crippen LogP contribution in [0.5, 0.6) is 0 Å². The van der Waals surface area contributed by atoms with Gasteiger partial charge in [-0.15, -0.1) is 0 Å². The Morgan fingerprint density at radius 1 is 1.11 bits per heavy atom. The Balaban J connectivity index is 2.02. The highest BCUT2D eigenvalue weighted by atomic mass is 15.0. The number of hydrogen-bond acceptors (Lipinski definition) is 1. The van der Waals surface area contributed by atoms with Crippen LogP contribution in [0.2, 0.25) is 0 Å². The number of aromatic nitrogens is 1. The maximum Gasteiger partial charge on any atom is 0.0555 e. The van der Waals surface area contributed by atoms with Crippen molar-refractivity contribution in [2.45, 2.75) is 39.3 Å². The molecule has 0 amide bonds. The van der Waals surface area contributed by atoms with Gasteiger partial charge in [0.1, 0.15) is 0 Å². The normalized spacial score (nSPS) is 12.5. The third-order valence-electron chi connectivity index (χ3n) is 3.58. The zero-order valence-corrected chi connectivity index (χ0v) is 12.0. The van der Waals surface area contributed by atoms with Crippen LogP contribution in [0.15, 0.2) is 48.7 Å². The summed E-state index contributed by atoms with van der Waals surface area (Å²) in [6.45, 7) is 6.53. The summed E-state index contributed by atoms with van der Waals surface area (Å²) < 4.78 is 2.36. The maximum atomic E-state index is 3.51. The van der Waals surface area contributed by atoms with Gasteiger partial charge in [0.15, 0.2) is 0 Å². The van der Waals surface area contributed by atoms with Gasteiger partial charge < -0.3 is 9.88 Å². The van der Waals surface area contributed by atoms with Crippen molar-refractivity contribution in [1.82, 2.24) is 9.88 Å². The number of nitrogens with zero attached hydrogens (tertiary/aromatic N) is 1. The van der Waals surface area contributed by atoms with Gasteiger partial charge >= 0.3 is 0 Å². The molecule has 2 aromatic rings. The molecule has 1 aromatic carbocycles. The second kappa shape index (κ2) is 7.15. The molecule has 0 radical (unpaired) electrons. The first kappa shape index (κ1) is 13.9. The van der Waals surface area contributed by atoms with E-state index in [1.807, 2.05) is 0 Å². The van der Waals surface area contributed by atoms with Crippen molar-refractivity contribution in [3.05, 3.63) is 59.9 Å². The van der Waals surface area contributed by atoms with Crippen LogP contribution >= 0.6 is 0 Å². The van der Waals surface area contributed by atoms with E-state index < -0.39 is 0 Å². The molecule has 2 nitrogen and oxygen atoms in total. The SMILES string of the molecule is CCCCNCc1cccn1[C@@H](C)c1ccccc1. The first-order chi connectivity index (χ1) is 9.33. The average Bonchev–Trinajstić information content (AvgIpc) is 2.92. The van der Waals surface area contributed by atoms with Crippen molar-refractivity contribution in [3.63, 3.8) is 0 Å². The van der Waals surface area contributed by atoms with E-state index in [4.69, 9.17) is 0 Å². The molecule has 0 bridgehead atoms. The lowest BCUT2D eigenvalue weighted by molar-refractivity contribution is 0.568. The highest BCUT2D eigenvalue weighted by Crippen LogP contribution is 2.20. The summed E-state index contributed by atoms with van der Waals surface area (Å²) >= 11 is 0. The Morgan fingerprint density at radius 2 is 1.89 bits per heavy atom. The predicted molar refractivity (Wildman–Crippen MR) is 81.3 cm³/mol. The molecule has 2 rings (SSSR count). The molecule has 0 fully saturated rings. The number of unbranched alkanes of at least 4 members (excludes halogenated alkanes) is 1. The lowest BCUT2D eigenvalue weighted by Crippen LogP contribution is -2.18. The first-order valence-electron chi connectivity index (χ1n) is 7.24. The minimum atomic E-state index is 0.388. The van der Waals surface area contributed by atoms with Crippen molar-refractivity contribution in [2.24, 2.45) is 0 Å². The summed E-state index contributed by atoms with van der Waals surface area (Å²) in [7, 11) is 0. The molecular formula is C17H24N2. The maximum absolute atomic E-state index is 3.51. The first-order valence-corrected chi connectivity index (χ1v) is 7.24. The van der Waals surface area contributed by atoms with E-state index in [2.05, 4.69) is 72.4 Å². The number of rotatable bonds is 7. The Hall–Kier alpha value is -1.54. The second-order valence-corrected chi connectivity index (χ2v) is 5.02. The summed E-state index contributed by atoms with van der Waals surface area (Å²) in [6.07, 6.45) is 4.66. The molecule has 0 saturated heterocycles. The van der Waals surface area contributed by atoms with Crippen molar-refractivity contribution in [1.29, 1.82) is 0 Å². The fourth-order valence-corrected chi connectivity index (χ4v) is 2.37. The molecular weight excluding hydrogens is 232 g/mol. The Kier molecular flexibility index (Phi) is 5.22. The number of hydrogen-bond donors (Lipinski definition) is 1. The minimum absolute atomic E-state index is 0.388. The quantitative estimate of drug-likeness (QED) is 0.741. The summed E-state index contributed by atoms with van der Waals surface area (Å²) in [5, 5.41) is 3.51. The van der Waals surface area contributed by atoms with E-state index >= 15 is 0 Å². The lowest BCUT2D eigenvalue weighted by Gasteiger charge is -2.18. The zero-order chi connectivity index (χ0) is 13.5. The average molecular weight is 256 g/mol. The van der Waals surface area contributed by atoms with Crippen molar-refractivity contribution in [3.8, 4) is 0 Å². The van der Waals surface area contributed by atoms with Gasteiger partial charge in [-0.3, -0.25) is 0 Å². The van der Waals surface area contributed by atoms with Crippen LogP contribution in [0.4, 0.5) is 0 Å².